The Morgan fingerprint density at radius 3 is 1.59 bits per heavy atom. The van der Waals surface area contributed by atoms with Gasteiger partial charge in [0, 0.05) is 0 Å². The molecule has 9 nitrogen and oxygen atoms in total. The van der Waals surface area contributed by atoms with Gasteiger partial charge in [0.05, 0.1) is 35.0 Å². The third kappa shape index (κ3) is 4.41. The summed E-state index contributed by atoms with van der Waals surface area (Å²) in [4.78, 5) is 31.9. The zero-order chi connectivity index (χ0) is 20.1. The van der Waals surface area contributed by atoms with Crippen molar-refractivity contribution in [3.8, 4) is 12.2 Å². The second-order valence-electron chi connectivity index (χ2n) is 5.88. The molecular formula is C20H16N2O7. The second-order valence-corrected chi connectivity index (χ2v) is 5.88. The Morgan fingerprint density at radius 1 is 0.655 bits per heavy atom. The van der Waals surface area contributed by atoms with Crippen LogP contribution >= 0.6 is 0 Å². The van der Waals surface area contributed by atoms with Crippen molar-refractivity contribution in [3.63, 3.8) is 0 Å². The van der Waals surface area contributed by atoms with Crippen molar-refractivity contribution in [3.05, 3.63) is 69.4 Å². The zero-order valence-electron chi connectivity index (χ0n) is 15.2. The topological polar surface area (TPSA) is 114 Å². The van der Waals surface area contributed by atoms with Crippen molar-refractivity contribution in [2.75, 3.05) is 26.4 Å². The maximum atomic E-state index is 11.8. The summed E-state index contributed by atoms with van der Waals surface area (Å²) in [5.74, 6) is 0. The van der Waals surface area contributed by atoms with E-state index in [9.17, 15) is 9.59 Å². The quantitative estimate of drug-likeness (QED) is 0.413. The molecule has 0 radical (unpaired) electrons. The molecule has 29 heavy (non-hydrogen) atoms. The summed E-state index contributed by atoms with van der Waals surface area (Å²) in [6.07, 6.45) is -0.230. The molecule has 2 heterocycles. The highest BCUT2D eigenvalue weighted by molar-refractivity contribution is 5.77. The van der Waals surface area contributed by atoms with E-state index in [1.807, 2.05) is 0 Å². The van der Waals surface area contributed by atoms with Crippen LogP contribution in [0.2, 0.25) is 0 Å². The van der Waals surface area contributed by atoms with Crippen molar-refractivity contribution >= 4 is 21.8 Å². The smallest absolute Gasteiger partial charge is 0.397 e. The van der Waals surface area contributed by atoms with Crippen LogP contribution in [0.1, 0.15) is 0 Å². The van der Waals surface area contributed by atoms with E-state index in [0.717, 1.165) is 0 Å². The van der Waals surface area contributed by atoms with Crippen molar-refractivity contribution < 1.29 is 23.0 Å². The fourth-order valence-electron chi connectivity index (χ4n) is 2.60. The number of hydrogen-bond acceptors (Lipinski definition) is 9. The van der Waals surface area contributed by atoms with Gasteiger partial charge >= 0.3 is 23.4 Å². The normalized spacial score (nSPS) is 11.0. The van der Waals surface area contributed by atoms with Gasteiger partial charge in [0.1, 0.15) is 13.2 Å². The van der Waals surface area contributed by atoms with Gasteiger partial charge in [-0.2, -0.15) is 9.97 Å². The molecule has 0 bridgehead atoms. The monoisotopic (exact) mass is 396 g/mol. The SMILES string of the molecule is O=c1oc(OCCOCCOc2nc3ccccc3c(=O)o2)nc2ccccc12. The van der Waals surface area contributed by atoms with Crippen LogP contribution in [0, 0.1) is 0 Å². The van der Waals surface area contributed by atoms with Gasteiger partial charge in [-0.3, -0.25) is 0 Å². The minimum absolute atomic E-state index is 0.115. The van der Waals surface area contributed by atoms with Crippen LogP contribution in [0.25, 0.3) is 21.8 Å². The highest BCUT2D eigenvalue weighted by atomic mass is 16.6. The minimum atomic E-state index is -0.510. The van der Waals surface area contributed by atoms with Gasteiger partial charge in [-0.05, 0) is 24.3 Å². The van der Waals surface area contributed by atoms with Gasteiger partial charge in [0.25, 0.3) is 0 Å². The van der Waals surface area contributed by atoms with Crippen molar-refractivity contribution in [2.45, 2.75) is 0 Å². The van der Waals surface area contributed by atoms with Gasteiger partial charge in [-0.25, -0.2) is 9.59 Å². The molecule has 0 saturated heterocycles. The molecule has 0 aliphatic heterocycles. The van der Waals surface area contributed by atoms with Crippen LogP contribution in [0.5, 0.6) is 12.2 Å². The first kappa shape index (κ1) is 18.6. The summed E-state index contributed by atoms with van der Waals surface area (Å²) < 4.78 is 26.0. The zero-order valence-corrected chi connectivity index (χ0v) is 15.2. The molecule has 4 rings (SSSR count). The van der Waals surface area contributed by atoms with E-state index in [1.165, 1.54) is 0 Å². The Balaban J connectivity index is 1.22. The van der Waals surface area contributed by atoms with Crippen LogP contribution in [-0.4, -0.2) is 36.4 Å². The molecule has 0 spiro atoms. The highest BCUT2D eigenvalue weighted by Gasteiger charge is 2.08. The molecule has 2 aromatic carbocycles. The number of aromatic nitrogens is 2. The predicted octanol–water partition coefficient (Wildman–Crippen LogP) is 2.16. The van der Waals surface area contributed by atoms with E-state index in [4.69, 9.17) is 23.0 Å². The fraction of sp³-hybridized carbons (Fsp3) is 0.200. The van der Waals surface area contributed by atoms with Crippen LogP contribution in [0.4, 0.5) is 0 Å². The Hall–Kier alpha value is -3.72. The number of fused-ring (bicyclic) bond motifs is 2. The number of para-hydroxylation sites is 2. The lowest BCUT2D eigenvalue weighted by molar-refractivity contribution is 0.0591. The largest absolute Gasteiger partial charge is 0.448 e. The standard InChI is InChI=1S/C20H16N2O7/c23-17-13-5-1-3-7-15(13)21-19(28-17)26-11-9-25-10-12-27-20-22-16-8-4-2-6-14(16)18(24)29-20/h1-8H,9-12H2. The number of hydrogen-bond donors (Lipinski definition) is 0. The third-order valence-corrected chi connectivity index (χ3v) is 3.94. The molecule has 0 amide bonds. The lowest BCUT2D eigenvalue weighted by Gasteiger charge is -2.06. The number of benzene rings is 2. The maximum Gasteiger partial charge on any atom is 0.397 e. The molecular weight excluding hydrogens is 380 g/mol. The first-order chi connectivity index (χ1) is 14.2. The van der Waals surface area contributed by atoms with Gasteiger partial charge < -0.3 is 23.0 Å². The Kier molecular flexibility index (Phi) is 5.48. The number of nitrogens with zero attached hydrogens (tertiary/aromatic N) is 2. The van der Waals surface area contributed by atoms with E-state index in [2.05, 4.69) is 9.97 Å². The van der Waals surface area contributed by atoms with E-state index < -0.39 is 11.3 Å². The molecule has 9 heteroatoms. The van der Waals surface area contributed by atoms with Crippen molar-refractivity contribution in [1.29, 1.82) is 0 Å². The molecule has 0 unspecified atom stereocenters. The van der Waals surface area contributed by atoms with Gasteiger partial charge in [-0.15, -0.1) is 0 Å². The van der Waals surface area contributed by atoms with Crippen LogP contribution in [0.15, 0.2) is 67.0 Å². The lowest BCUT2D eigenvalue weighted by atomic mass is 10.2. The molecule has 0 saturated carbocycles. The molecule has 2 aromatic heterocycles. The molecule has 0 fully saturated rings. The summed E-state index contributed by atoms with van der Waals surface area (Å²) in [5.41, 5.74) is -0.0246. The summed E-state index contributed by atoms with van der Waals surface area (Å²) in [6.45, 7) is 0.711. The first-order valence-corrected chi connectivity index (χ1v) is 8.84. The highest BCUT2D eigenvalue weighted by Crippen LogP contribution is 2.12. The average Bonchev–Trinajstić information content (AvgIpc) is 2.73. The van der Waals surface area contributed by atoms with Gasteiger partial charge in [-0.1, -0.05) is 24.3 Å². The first-order valence-electron chi connectivity index (χ1n) is 8.84. The molecule has 4 aromatic rings. The average molecular weight is 396 g/mol. The Labute approximate surface area is 163 Å². The summed E-state index contributed by atoms with van der Waals surface area (Å²) in [6, 6.07) is 13.7. The van der Waals surface area contributed by atoms with Gasteiger partial charge in [0.2, 0.25) is 0 Å². The summed E-state index contributed by atoms with van der Waals surface area (Å²) in [7, 11) is 0. The van der Waals surface area contributed by atoms with E-state index in [1.54, 1.807) is 48.5 Å². The predicted molar refractivity (Wildman–Crippen MR) is 102 cm³/mol. The Bertz CT molecular complexity index is 1150. The molecule has 0 N–H and O–H groups in total. The molecule has 0 aliphatic rings. The van der Waals surface area contributed by atoms with Crippen LogP contribution in [-0.2, 0) is 4.74 Å². The fourth-order valence-corrected chi connectivity index (χ4v) is 2.60. The van der Waals surface area contributed by atoms with Crippen LogP contribution in [0.3, 0.4) is 0 Å². The second kappa shape index (κ2) is 8.53. The van der Waals surface area contributed by atoms with E-state index in [0.29, 0.717) is 21.8 Å². The lowest BCUT2D eigenvalue weighted by Crippen LogP contribution is -2.14. The maximum absolute atomic E-state index is 11.8. The number of rotatable bonds is 8. The minimum Gasteiger partial charge on any atom is -0.448 e. The van der Waals surface area contributed by atoms with Crippen molar-refractivity contribution in [1.82, 2.24) is 9.97 Å². The Morgan fingerprint density at radius 2 is 1.10 bits per heavy atom. The summed E-state index contributed by atoms with van der Waals surface area (Å²) in [5, 5.41) is 0.782. The van der Waals surface area contributed by atoms with E-state index >= 15 is 0 Å². The summed E-state index contributed by atoms with van der Waals surface area (Å²) >= 11 is 0. The number of ether oxygens (including phenoxy) is 3. The van der Waals surface area contributed by atoms with E-state index in [-0.39, 0.29) is 38.6 Å². The molecule has 0 atom stereocenters. The van der Waals surface area contributed by atoms with Crippen LogP contribution < -0.4 is 20.7 Å². The van der Waals surface area contributed by atoms with Crippen molar-refractivity contribution in [2.24, 2.45) is 0 Å². The molecule has 148 valence electrons. The van der Waals surface area contributed by atoms with Gasteiger partial charge in [0.15, 0.2) is 0 Å². The molecule has 0 aliphatic carbocycles. The third-order valence-electron chi connectivity index (χ3n) is 3.94.